The molecule has 0 aliphatic carbocycles. The van der Waals surface area contributed by atoms with E-state index in [1.165, 1.54) is 10.5 Å². The molecule has 0 spiro atoms. The van der Waals surface area contributed by atoms with Crippen molar-refractivity contribution in [3.63, 3.8) is 0 Å². The molecule has 0 bridgehead atoms. The highest BCUT2D eigenvalue weighted by atomic mass is 16.4. The van der Waals surface area contributed by atoms with Gasteiger partial charge in [0.1, 0.15) is 0 Å². The number of aryl methyl sites for hydroxylation is 1. The average Bonchev–Trinajstić information content (AvgIpc) is 3.02. The second-order valence-electron chi connectivity index (χ2n) is 12.1. The molecule has 0 heterocycles. The molecule has 2 amide bonds. The first-order chi connectivity index (χ1) is 21.7. The van der Waals surface area contributed by atoms with Gasteiger partial charge < -0.3 is 25.1 Å². The Kier molecular flexibility index (Phi) is 17.8. The number of allylic oxidation sites excluding steroid dienone is 4. The molecule has 0 aromatic heterocycles. The van der Waals surface area contributed by atoms with Crippen molar-refractivity contribution in [2.45, 2.75) is 77.2 Å². The number of carboxylic acid groups (broad SMARTS) is 1. The fraction of sp³-hybridized carbons (Fsp3) is 0.514. The van der Waals surface area contributed by atoms with Crippen LogP contribution >= 0.6 is 0 Å². The lowest BCUT2D eigenvalue weighted by Gasteiger charge is -2.23. The van der Waals surface area contributed by atoms with Gasteiger partial charge in [0, 0.05) is 77.5 Å². The number of likely N-dealkylation sites (N-methyl/N-ethyl adjacent to an activating group) is 1. The number of hydrogen-bond donors (Lipinski definition) is 2. The summed E-state index contributed by atoms with van der Waals surface area (Å²) in [7, 11) is 8.96. The molecule has 2 atom stereocenters. The van der Waals surface area contributed by atoms with Gasteiger partial charge in [0.05, 0.1) is 18.5 Å². The van der Waals surface area contributed by atoms with Crippen molar-refractivity contribution in [3.05, 3.63) is 70.5 Å². The second kappa shape index (κ2) is 20.6. The van der Waals surface area contributed by atoms with Gasteiger partial charge in [-0.25, -0.2) is 0 Å². The molecule has 9 nitrogen and oxygen atoms in total. The van der Waals surface area contributed by atoms with Gasteiger partial charge in [0.2, 0.25) is 5.91 Å². The van der Waals surface area contributed by atoms with Crippen molar-refractivity contribution in [1.82, 2.24) is 20.0 Å². The number of hydrogen-bond acceptors (Lipinski definition) is 6. The maximum Gasteiger partial charge on any atom is 0.311 e. The quantitative estimate of drug-likeness (QED) is 0.113. The smallest absolute Gasteiger partial charge is 0.311 e. The Morgan fingerprint density at radius 1 is 1.13 bits per heavy atom. The SMILES string of the molecule is C#C/C(=C\CC/C(=C\C)CCc1cc(C(=O)N(C)C)ccc1C(CC(C)NCC(=O)N(C)CCCC#N)C(=O)O)CC(=C)N(C)C. The molecule has 46 heavy (non-hydrogen) atoms. The van der Waals surface area contributed by atoms with Gasteiger partial charge in [-0.3, -0.25) is 14.4 Å². The Hall–Kier alpha value is -4.34. The Morgan fingerprint density at radius 3 is 2.39 bits per heavy atom. The van der Waals surface area contributed by atoms with E-state index in [0.29, 0.717) is 49.8 Å². The van der Waals surface area contributed by atoms with Gasteiger partial charge >= 0.3 is 5.97 Å². The summed E-state index contributed by atoms with van der Waals surface area (Å²) in [6.45, 7) is 8.49. The van der Waals surface area contributed by atoms with Crippen molar-refractivity contribution < 1.29 is 19.5 Å². The first kappa shape index (κ1) is 39.7. The van der Waals surface area contributed by atoms with E-state index in [4.69, 9.17) is 11.7 Å². The molecular formula is C37H53N5O4. The summed E-state index contributed by atoms with van der Waals surface area (Å²) in [4.78, 5) is 43.0. The van der Waals surface area contributed by atoms with E-state index in [2.05, 4.69) is 36.0 Å². The number of rotatable bonds is 20. The second-order valence-corrected chi connectivity index (χ2v) is 12.1. The number of carboxylic acids is 1. The maximum absolute atomic E-state index is 12.8. The van der Waals surface area contributed by atoms with Gasteiger partial charge in [0.15, 0.2) is 0 Å². The third-order valence-corrected chi connectivity index (χ3v) is 8.06. The van der Waals surface area contributed by atoms with Crippen LogP contribution in [-0.4, -0.2) is 92.0 Å². The van der Waals surface area contributed by atoms with Crippen LogP contribution in [0.2, 0.25) is 0 Å². The molecule has 1 aromatic rings. The summed E-state index contributed by atoms with van der Waals surface area (Å²) in [5.41, 5.74) is 5.05. The number of nitrogens with one attached hydrogen (secondary N) is 1. The van der Waals surface area contributed by atoms with Crippen molar-refractivity contribution in [3.8, 4) is 18.4 Å². The number of terminal acetylenes is 1. The molecule has 2 unspecified atom stereocenters. The normalized spacial score (nSPS) is 12.8. The number of amides is 2. The summed E-state index contributed by atoms with van der Waals surface area (Å²) in [5, 5.41) is 22.2. The number of benzene rings is 1. The van der Waals surface area contributed by atoms with Gasteiger partial charge in [0.25, 0.3) is 5.91 Å². The zero-order chi connectivity index (χ0) is 34.8. The van der Waals surface area contributed by atoms with Crippen LogP contribution in [0, 0.1) is 23.7 Å². The summed E-state index contributed by atoms with van der Waals surface area (Å²) in [6.07, 6.45) is 14.6. The lowest BCUT2D eigenvalue weighted by molar-refractivity contribution is -0.139. The van der Waals surface area contributed by atoms with Crippen molar-refractivity contribution in [2.24, 2.45) is 0 Å². The fourth-order valence-corrected chi connectivity index (χ4v) is 4.97. The average molecular weight is 632 g/mol. The van der Waals surface area contributed by atoms with Gasteiger partial charge in [-0.15, -0.1) is 6.42 Å². The van der Waals surface area contributed by atoms with Gasteiger partial charge in [-0.2, -0.15) is 5.26 Å². The van der Waals surface area contributed by atoms with Crippen LogP contribution in [0.25, 0.3) is 0 Å². The van der Waals surface area contributed by atoms with E-state index in [-0.39, 0.29) is 30.8 Å². The van der Waals surface area contributed by atoms with Gasteiger partial charge in [-0.05, 0) is 75.6 Å². The Balaban J connectivity index is 3.13. The van der Waals surface area contributed by atoms with Crippen LogP contribution in [0.3, 0.4) is 0 Å². The molecule has 0 aliphatic heterocycles. The molecule has 1 rings (SSSR count). The number of aliphatic carboxylic acids is 1. The van der Waals surface area contributed by atoms with E-state index in [0.717, 1.165) is 29.7 Å². The molecule has 1 aromatic carbocycles. The maximum atomic E-state index is 12.8. The lowest BCUT2D eigenvalue weighted by atomic mass is 9.85. The molecule has 0 saturated carbocycles. The minimum absolute atomic E-state index is 0.0729. The van der Waals surface area contributed by atoms with Crippen molar-refractivity contribution in [1.29, 1.82) is 5.26 Å². The third-order valence-electron chi connectivity index (χ3n) is 8.06. The minimum atomic E-state index is -0.959. The highest BCUT2D eigenvalue weighted by molar-refractivity contribution is 5.94. The topological polar surface area (TPSA) is 117 Å². The zero-order valence-electron chi connectivity index (χ0n) is 28.9. The van der Waals surface area contributed by atoms with Crippen LogP contribution in [0.15, 0.2) is 53.8 Å². The Labute approximate surface area is 276 Å². The first-order valence-corrected chi connectivity index (χ1v) is 15.8. The van der Waals surface area contributed by atoms with E-state index in [9.17, 15) is 19.5 Å². The standard InChI is InChI=1S/C37H53N5O4/c1-10-29(15-14-16-30(11-2)24-28(4)40(5)6)17-18-31-25-32(36(44)41(7)8)19-20-33(31)34(37(45)46)23-27(3)39-26-35(43)42(9)22-13-12-21-38/h2,10,16,19-20,25,27,34,39H,4,12-15,17-18,22-24,26H2,1,3,5-9H3,(H,45,46)/b29-10+,30-16+. The monoisotopic (exact) mass is 631 g/mol. The summed E-state index contributed by atoms with van der Waals surface area (Å²) in [5.74, 6) is 0.713. The highest BCUT2D eigenvalue weighted by Gasteiger charge is 2.26. The number of carbonyl (C=O) groups excluding carboxylic acids is 2. The first-order valence-electron chi connectivity index (χ1n) is 15.8. The van der Waals surface area contributed by atoms with Crippen molar-refractivity contribution >= 4 is 17.8 Å². The van der Waals surface area contributed by atoms with Crippen LogP contribution in [-0.2, 0) is 16.0 Å². The summed E-state index contributed by atoms with van der Waals surface area (Å²) >= 11 is 0. The predicted octanol–water partition coefficient (Wildman–Crippen LogP) is 5.37. The fourth-order valence-electron chi connectivity index (χ4n) is 4.97. The summed E-state index contributed by atoms with van der Waals surface area (Å²) < 4.78 is 0. The Morgan fingerprint density at radius 2 is 1.83 bits per heavy atom. The molecule has 9 heteroatoms. The van der Waals surface area contributed by atoms with Crippen LogP contribution in [0.4, 0.5) is 0 Å². The van der Waals surface area contributed by atoms with Gasteiger partial charge in [-0.1, -0.05) is 36.3 Å². The molecule has 0 aliphatic rings. The van der Waals surface area contributed by atoms with Crippen LogP contribution in [0.1, 0.15) is 86.2 Å². The minimum Gasteiger partial charge on any atom is -0.481 e. The molecule has 0 fully saturated rings. The largest absolute Gasteiger partial charge is 0.481 e. The van der Waals surface area contributed by atoms with E-state index in [1.54, 1.807) is 38.2 Å². The molecule has 0 radical (unpaired) electrons. The lowest BCUT2D eigenvalue weighted by Crippen LogP contribution is -2.40. The number of nitriles is 1. The molecule has 250 valence electrons. The zero-order valence-corrected chi connectivity index (χ0v) is 28.9. The molecule has 2 N–H and O–H groups in total. The Bertz CT molecular complexity index is 1350. The van der Waals surface area contributed by atoms with E-state index >= 15 is 0 Å². The number of carbonyl (C=O) groups is 3. The van der Waals surface area contributed by atoms with Crippen LogP contribution in [0.5, 0.6) is 0 Å². The number of unbranched alkanes of at least 4 members (excludes halogenated alkanes) is 1. The van der Waals surface area contributed by atoms with E-state index < -0.39 is 11.9 Å². The van der Waals surface area contributed by atoms with E-state index in [1.807, 2.05) is 38.9 Å². The third kappa shape index (κ3) is 13.7. The highest BCUT2D eigenvalue weighted by Crippen LogP contribution is 2.29. The van der Waals surface area contributed by atoms with Crippen molar-refractivity contribution in [2.75, 3.05) is 48.3 Å². The number of nitrogens with zero attached hydrogens (tertiary/aromatic N) is 4. The molecular weight excluding hydrogens is 578 g/mol. The van der Waals surface area contributed by atoms with Crippen LogP contribution < -0.4 is 5.32 Å². The molecule has 0 saturated heterocycles. The summed E-state index contributed by atoms with van der Waals surface area (Å²) in [6, 6.07) is 7.09. The predicted molar refractivity (Wildman–Crippen MR) is 185 cm³/mol.